The van der Waals surface area contributed by atoms with Gasteiger partial charge in [0.15, 0.2) is 6.29 Å². The lowest BCUT2D eigenvalue weighted by Crippen LogP contribution is -2.55. The van der Waals surface area contributed by atoms with E-state index in [9.17, 15) is 0 Å². The predicted octanol–water partition coefficient (Wildman–Crippen LogP) is 4.83. The Morgan fingerprint density at radius 1 is 1.04 bits per heavy atom. The number of thiol groups is 1. The van der Waals surface area contributed by atoms with Gasteiger partial charge in [-0.05, 0) is 31.5 Å². The Morgan fingerprint density at radius 3 is 2.24 bits per heavy atom. The van der Waals surface area contributed by atoms with Gasteiger partial charge in [-0.25, -0.2) is 0 Å². The van der Waals surface area contributed by atoms with Crippen LogP contribution in [-0.2, 0) is 9.47 Å². The van der Waals surface area contributed by atoms with Crippen LogP contribution in [0.2, 0.25) is 0 Å². The molecule has 3 unspecified atom stereocenters. The number of rotatable bonds is 5. The fourth-order valence-electron chi connectivity index (χ4n) is 3.49. The summed E-state index contributed by atoms with van der Waals surface area (Å²) in [6, 6.07) is 20.9. The highest BCUT2D eigenvalue weighted by Gasteiger charge is 2.41. The number of likely N-dealkylation sites (N-methyl/N-ethyl adjacent to an activating group) is 1. The van der Waals surface area contributed by atoms with E-state index in [4.69, 9.17) is 9.47 Å². The second kappa shape index (κ2) is 8.37. The second-order valence-electron chi connectivity index (χ2n) is 6.54. The highest BCUT2D eigenvalue weighted by atomic mass is 32.1. The van der Waals surface area contributed by atoms with Crippen molar-refractivity contribution >= 4 is 12.6 Å². The van der Waals surface area contributed by atoms with Gasteiger partial charge >= 0.3 is 0 Å². The third-order valence-corrected chi connectivity index (χ3v) is 5.44. The molecule has 0 amide bonds. The summed E-state index contributed by atoms with van der Waals surface area (Å²) in [7, 11) is 0. The summed E-state index contributed by atoms with van der Waals surface area (Å²) in [5.74, 6) is 0. The minimum Gasteiger partial charge on any atom is -0.346 e. The van der Waals surface area contributed by atoms with Crippen molar-refractivity contribution in [2.45, 2.75) is 50.7 Å². The zero-order valence-corrected chi connectivity index (χ0v) is 16.0. The molecule has 25 heavy (non-hydrogen) atoms. The van der Waals surface area contributed by atoms with Crippen LogP contribution in [0.5, 0.6) is 0 Å². The molecular weight excluding hydrogens is 330 g/mol. The van der Waals surface area contributed by atoms with Crippen molar-refractivity contribution in [3.63, 3.8) is 0 Å². The van der Waals surface area contributed by atoms with E-state index in [1.807, 2.05) is 36.4 Å². The van der Waals surface area contributed by atoms with Gasteiger partial charge in [0.1, 0.15) is 5.44 Å². The van der Waals surface area contributed by atoms with E-state index in [0.29, 0.717) is 6.04 Å². The van der Waals surface area contributed by atoms with E-state index in [0.717, 1.165) is 12.1 Å². The third kappa shape index (κ3) is 4.09. The largest absolute Gasteiger partial charge is 0.346 e. The van der Waals surface area contributed by atoms with Crippen LogP contribution in [0.15, 0.2) is 60.7 Å². The first-order valence-corrected chi connectivity index (χ1v) is 9.48. The molecule has 0 bridgehead atoms. The first kappa shape index (κ1) is 18.5. The van der Waals surface area contributed by atoms with Crippen LogP contribution in [0, 0.1) is 0 Å². The smallest absolute Gasteiger partial charge is 0.179 e. The molecule has 1 aliphatic heterocycles. The van der Waals surface area contributed by atoms with Crippen molar-refractivity contribution in [3.8, 4) is 0 Å². The van der Waals surface area contributed by atoms with Gasteiger partial charge < -0.3 is 9.47 Å². The number of hydrogen-bond donors (Lipinski definition) is 1. The topological polar surface area (TPSA) is 21.7 Å². The van der Waals surface area contributed by atoms with Crippen molar-refractivity contribution in [2.75, 3.05) is 6.54 Å². The highest BCUT2D eigenvalue weighted by molar-refractivity contribution is 7.80. The number of hydrogen-bond acceptors (Lipinski definition) is 4. The molecule has 134 valence electrons. The molecule has 1 fully saturated rings. The molecule has 5 atom stereocenters. The minimum atomic E-state index is -0.365. The van der Waals surface area contributed by atoms with Gasteiger partial charge in [-0.2, -0.15) is 0 Å². The van der Waals surface area contributed by atoms with Crippen LogP contribution in [0.1, 0.15) is 43.4 Å². The van der Waals surface area contributed by atoms with Gasteiger partial charge in [-0.15, -0.1) is 12.6 Å². The summed E-state index contributed by atoms with van der Waals surface area (Å²) in [6.45, 7) is 7.46. The minimum absolute atomic E-state index is 0.0516. The van der Waals surface area contributed by atoms with Gasteiger partial charge in [0.2, 0.25) is 0 Å². The Bertz CT molecular complexity index is 651. The molecule has 0 spiro atoms. The van der Waals surface area contributed by atoms with Gasteiger partial charge in [0, 0.05) is 6.04 Å². The van der Waals surface area contributed by atoms with Crippen LogP contribution < -0.4 is 0 Å². The summed E-state index contributed by atoms with van der Waals surface area (Å²) < 4.78 is 12.6. The summed E-state index contributed by atoms with van der Waals surface area (Å²) >= 11 is 4.67. The second-order valence-corrected chi connectivity index (χ2v) is 7.00. The van der Waals surface area contributed by atoms with Crippen molar-refractivity contribution in [3.05, 3.63) is 71.8 Å². The summed E-state index contributed by atoms with van der Waals surface area (Å²) in [5.41, 5.74) is 1.92. The predicted molar refractivity (Wildman–Crippen MR) is 105 cm³/mol. The van der Waals surface area contributed by atoms with E-state index in [2.05, 4.69) is 62.6 Å². The fourth-order valence-corrected chi connectivity index (χ4v) is 3.78. The lowest BCUT2D eigenvalue weighted by Gasteiger charge is -2.48. The standard InChI is InChI=1S/C21H27NO2S/c1-4-22-15(2)16(3)23-20(19(22)17-11-7-5-8-12-17)24-21(25)18-13-9-6-10-14-18/h5-16,19-21,25H,4H2,1-3H3/t15?,16?,19-,20+,21?/m0/s1. The molecule has 1 saturated heterocycles. The van der Waals surface area contributed by atoms with Crippen LogP contribution in [-0.4, -0.2) is 29.9 Å². The van der Waals surface area contributed by atoms with Crippen LogP contribution >= 0.6 is 12.6 Å². The number of morpholine rings is 1. The Balaban J connectivity index is 1.88. The Morgan fingerprint density at radius 2 is 1.64 bits per heavy atom. The molecule has 0 radical (unpaired) electrons. The van der Waals surface area contributed by atoms with E-state index < -0.39 is 0 Å². The van der Waals surface area contributed by atoms with Crippen molar-refractivity contribution < 1.29 is 9.47 Å². The van der Waals surface area contributed by atoms with Crippen LogP contribution in [0.3, 0.4) is 0 Å². The first-order valence-electron chi connectivity index (χ1n) is 8.96. The number of nitrogens with zero attached hydrogens (tertiary/aromatic N) is 1. The Hall–Kier alpha value is -1.33. The van der Waals surface area contributed by atoms with Crippen LogP contribution in [0.4, 0.5) is 0 Å². The molecule has 1 aliphatic rings. The third-order valence-electron chi connectivity index (χ3n) is 5.02. The highest BCUT2D eigenvalue weighted by Crippen LogP contribution is 2.38. The molecule has 4 heteroatoms. The molecule has 1 heterocycles. The fraction of sp³-hybridized carbons (Fsp3) is 0.429. The maximum Gasteiger partial charge on any atom is 0.179 e. The Kier molecular flexibility index (Phi) is 6.18. The lowest BCUT2D eigenvalue weighted by molar-refractivity contribution is -0.256. The monoisotopic (exact) mass is 357 g/mol. The molecule has 0 aromatic heterocycles. The number of benzene rings is 2. The summed E-state index contributed by atoms with van der Waals surface area (Å²) in [5, 5.41) is 0. The zero-order valence-electron chi connectivity index (χ0n) is 15.1. The van der Waals surface area contributed by atoms with Gasteiger partial charge in [-0.3, -0.25) is 4.90 Å². The van der Waals surface area contributed by atoms with Crippen LogP contribution in [0.25, 0.3) is 0 Å². The first-order chi connectivity index (χ1) is 12.1. The average molecular weight is 358 g/mol. The van der Waals surface area contributed by atoms with Crippen molar-refractivity contribution in [2.24, 2.45) is 0 Å². The van der Waals surface area contributed by atoms with Gasteiger partial charge in [0.05, 0.1) is 12.1 Å². The van der Waals surface area contributed by atoms with Gasteiger partial charge in [-0.1, -0.05) is 67.6 Å². The lowest BCUT2D eigenvalue weighted by atomic mass is 9.98. The summed E-state index contributed by atoms with van der Waals surface area (Å²) in [6.07, 6.45) is -0.266. The van der Waals surface area contributed by atoms with E-state index in [-0.39, 0.29) is 23.9 Å². The quantitative estimate of drug-likeness (QED) is 0.612. The van der Waals surface area contributed by atoms with E-state index in [1.165, 1.54) is 5.56 Å². The number of ether oxygens (including phenoxy) is 2. The molecular formula is C21H27NO2S. The molecule has 3 nitrogen and oxygen atoms in total. The van der Waals surface area contributed by atoms with Crippen molar-refractivity contribution in [1.82, 2.24) is 4.90 Å². The summed E-state index contributed by atoms with van der Waals surface area (Å²) in [4.78, 5) is 2.46. The SMILES string of the molecule is CCN1C(C)C(C)O[C@H](OC(S)c2ccccc2)[C@@H]1c1ccccc1. The molecule has 3 rings (SSSR count). The molecule has 0 saturated carbocycles. The molecule has 2 aromatic carbocycles. The van der Waals surface area contributed by atoms with Gasteiger partial charge in [0.25, 0.3) is 0 Å². The van der Waals surface area contributed by atoms with E-state index in [1.54, 1.807) is 0 Å². The zero-order chi connectivity index (χ0) is 17.8. The van der Waals surface area contributed by atoms with E-state index >= 15 is 0 Å². The molecule has 0 aliphatic carbocycles. The molecule has 0 N–H and O–H groups in total. The maximum atomic E-state index is 6.30. The maximum absolute atomic E-state index is 6.30. The Labute approximate surface area is 156 Å². The molecule has 2 aromatic rings. The average Bonchev–Trinajstić information content (AvgIpc) is 2.65. The normalized spacial score (nSPS) is 28.6. The van der Waals surface area contributed by atoms with Crippen molar-refractivity contribution in [1.29, 1.82) is 0 Å².